The Kier molecular flexibility index (Phi) is 4.88. The number of hydrogen-bond donors (Lipinski definition) is 1. The Morgan fingerprint density at radius 1 is 1.26 bits per heavy atom. The highest BCUT2D eigenvalue weighted by Crippen LogP contribution is 2.19. The zero-order chi connectivity index (χ0) is 13.7. The average Bonchev–Trinajstić information content (AvgIpc) is 2.47. The fraction of sp³-hybridized carbons (Fsp3) is 0.438. The highest BCUT2D eigenvalue weighted by atomic mass is 16.5. The van der Waals surface area contributed by atoms with E-state index in [4.69, 9.17) is 4.74 Å². The maximum absolute atomic E-state index is 5.56. The molecule has 2 rings (SSSR count). The molecular formula is C16H22N2O. The molecule has 0 aliphatic rings. The number of nitrogens with zero attached hydrogens (tertiary/aromatic N) is 1. The van der Waals surface area contributed by atoms with Gasteiger partial charge in [-0.1, -0.05) is 25.1 Å². The van der Waals surface area contributed by atoms with Crippen molar-refractivity contribution >= 4 is 10.9 Å². The largest absolute Gasteiger partial charge is 0.380 e. The molecule has 1 aromatic carbocycles. The van der Waals surface area contributed by atoms with Gasteiger partial charge in [0.15, 0.2) is 0 Å². The van der Waals surface area contributed by atoms with Gasteiger partial charge in [0, 0.05) is 24.7 Å². The van der Waals surface area contributed by atoms with Crippen molar-refractivity contribution in [3.05, 3.63) is 42.1 Å². The lowest BCUT2D eigenvalue weighted by atomic mass is 9.97. The molecule has 2 aromatic rings. The molecule has 0 fully saturated rings. The molecule has 0 aliphatic heterocycles. The number of para-hydroxylation sites is 1. The minimum Gasteiger partial charge on any atom is -0.380 e. The smallest absolute Gasteiger partial charge is 0.0724 e. The van der Waals surface area contributed by atoms with E-state index in [0.717, 1.165) is 18.4 Å². The first-order chi connectivity index (χ1) is 9.30. The standard InChI is InChI=1S/C16H22N2O/c1-4-16(19-3)15(17-2)11-12-9-10-18-14-8-6-5-7-13(12)14/h5-10,15-17H,4,11H2,1-3H3. The molecule has 0 spiro atoms. The molecule has 102 valence electrons. The first-order valence-corrected chi connectivity index (χ1v) is 6.82. The van der Waals surface area contributed by atoms with Gasteiger partial charge in [-0.2, -0.15) is 0 Å². The van der Waals surface area contributed by atoms with Gasteiger partial charge < -0.3 is 10.1 Å². The Hall–Kier alpha value is -1.45. The lowest BCUT2D eigenvalue weighted by Crippen LogP contribution is -2.40. The third kappa shape index (κ3) is 3.11. The van der Waals surface area contributed by atoms with Crippen molar-refractivity contribution in [2.24, 2.45) is 0 Å². The Labute approximate surface area is 115 Å². The number of pyridine rings is 1. The van der Waals surface area contributed by atoms with Crippen LogP contribution in [0.2, 0.25) is 0 Å². The van der Waals surface area contributed by atoms with Gasteiger partial charge in [-0.15, -0.1) is 0 Å². The Morgan fingerprint density at radius 2 is 2.05 bits per heavy atom. The lowest BCUT2D eigenvalue weighted by molar-refractivity contribution is 0.0679. The van der Waals surface area contributed by atoms with Crippen LogP contribution >= 0.6 is 0 Å². The monoisotopic (exact) mass is 258 g/mol. The van der Waals surface area contributed by atoms with E-state index >= 15 is 0 Å². The number of likely N-dealkylation sites (N-methyl/N-ethyl adjacent to an activating group) is 1. The molecular weight excluding hydrogens is 236 g/mol. The normalized spacial score (nSPS) is 14.5. The third-order valence-electron chi connectivity index (χ3n) is 3.70. The van der Waals surface area contributed by atoms with Gasteiger partial charge in [-0.25, -0.2) is 0 Å². The molecule has 19 heavy (non-hydrogen) atoms. The van der Waals surface area contributed by atoms with Crippen molar-refractivity contribution < 1.29 is 4.74 Å². The van der Waals surface area contributed by atoms with Crippen LogP contribution in [0, 0.1) is 0 Å². The molecule has 3 nitrogen and oxygen atoms in total. The fourth-order valence-electron chi connectivity index (χ4n) is 2.60. The van der Waals surface area contributed by atoms with E-state index in [1.54, 1.807) is 7.11 Å². The van der Waals surface area contributed by atoms with Gasteiger partial charge in [0.25, 0.3) is 0 Å². The summed E-state index contributed by atoms with van der Waals surface area (Å²) in [7, 11) is 3.78. The first-order valence-electron chi connectivity index (χ1n) is 6.82. The molecule has 1 N–H and O–H groups in total. The first kappa shape index (κ1) is 14.0. The van der Waals surface area contributed by atoms with E-state index in [0.29, 0.717) is 6.04 Å². The lowest BCUT2D eigenvalue weighted by Gasteiger charge is -2.25. The predicted octanol–water partition coefficient (Wildman–Crippen LogP) is 2.79. The predicted molar refractivity (Wildman–Crippen MR) is 79.4 cm³/mol. The molecule has 0 radical (unpaired) electrons. The molecule has 1 heterocycles. The van der Waals surface area contributed by atoms with Gasteiger partial charge in [0.2, 0.25) is 0 Å². The number of aromatic nitrogens is 1. The van der Waals surface area contributed by atoms with E-state index in [-0.39, 0.29) is 6.10 Å². The van der Waals surface area contributed by atoms with Crippen molar-refractivity contribution in [1.29, 1.82) is 0 Å². The zero-order valence-corrected chi connectivity index (χ0v) is 11.9. The quantitative estimate of drug-likeness (QED) is 0.865. The molecule has 2 atom stereocenters. The molecule has 0 saturated carbocycles. The SMILES string of the molecule is CCC(OC)C(Cc1ccnc2ccccc12)NC. The van der Waals surface area contributed by atoms with E-state index in [9.17, 15) is 0 Å². The fourth-order valence-corrected chi connectivity index (χ4v) is 2.60. The summed E-state index contributed by atoms with van der Waals surface area (Å²) in [5.74, 6) is 0. The second-order valence-electron chi connectivity index (χ2n) is 4.77. The molecule has 1 aromatic heterocycles. The van der Waals surface area contributed by atoms with Crippen LogP contribution in [-0.2, 0) is 11.2 Å². The number of nitrogens with one attached hydrogen (secondary N) is 1. The molecule has 0 saturated heterocycles. The van der Waals surface area contributed by atoms with Crippen molar-refractivity contribution in [3.63, 3.8) is 0 Å². The summed E-state index contributed by atoms with van der Waals surface area (Å²) in [5.41, 5.74) is 2.38. The topological polar surface area (TPSA) is 34.1 Å². The van der Waals surface area contributed by atoms with Crippen LogP contribution in [0.15, 0.2) is 36.5 Å². The van der Waals surface area contributed by atoms with Crippen molar-refractivity contribution in [1.82, 2.24) is 10.3 Å². The third-order valence-corrected chi connectivity index (χ3v) is 3.70. The van der Waals surface area contributed by atoms with Gasteiger partial charge >= 0.3 is 0 Å². The van der Waals surface area contributed by atoms with Crippen LogP contribution in [0.3, 0.4) is 0 Å². The average molecular weight is 258 g/mol. The Bertz CT molecular complexity index is 518. The van der Waals surface area contributed by atoms with Gasteiger partial charge in [0.1, 0.15) is 0 Å². The van der Waals surface area contributed by atoms with Crippen LogP contribution < -0.4 is 5.32 Å². The minimum absolute atomic E-state index is 0.233. The zero-order valence-electron chi connectivity index (χ0n) is 11.9. The minimum atomic E-state index is 0.233. The number of hydrogen-bond acceptors (Lipinski definition) is 3. The highest BCUT2D eigenvalue weighted by Gasteiger charge is 2.19. The van der Waals surface area contributed by atoms with Crippen LogP contribution in [0.1, 0.15) is 18.9 Å². The number of rotatable bonds is 6. The molecule has 3 heteroatoms. The van der Waals surface area contributed by atoms with E-state index in [1.807, 2.05) is 19.3 Å². The van der Waals surface area contributed by atoms with E-state index in [1.165, 1.54) is 10.9 Å². The van der Waals surface area contributed by atoms with Crippen LogP contribution in [0.4, 0.5) is 0 Å². The van der Waals surface area contributed by atoms with Crippen LogP contribution in [0.5, 0.6) is 0 Å². The summed E-state index contributed by atoms with van der Waals surface area (Å²) in [4.78, 5) is 4.41. The Balaban J connectivity index is 2.29. The summed E-state index contributed by atoms with van der Waals surface area (Å²) in [6.07, 6.45) is 4.08. The number of benzene rings is 1. The second-order valence-corrected chi connectivity index (χ2v) is 4.77. The summed E-state index contributed by atoms with van der Waals surface area (Å²) in [5, 5.41) is 4.60. The molecule has 2 unspecified atom stereocenters. The summed E-state index contributed by atoms with van der Waals surface area (Å²) < 4.78 is 5.56. The van der Waals surface area contributed by atoms with Crippen LogP contribution in [-0.4, -0.2) is 31.3 Å². The van der Waals surface area contributed by atoms with Crippen molar-refractivity contribution in [2.75, 3.05) is 14.2 Å². The van der Waals surface area contributed by atoms with E-state index < -0.39 is 0 Å². The molecule has 0 aliphatic carbocycles. The molecule has 0 amide bonds. The maximum Gasteiger partial charge on any atom is 0.0724 e. The summed E-state index contributed by atoms with van der Waals surface area (Å²) in [6.45, 7) is 2.16. The summed E-state index contributed by atoms with van der Waals surface area (Å²) in [6, 6.07) is 10.7. The van der Waals surface area contributed by atoms with Crippen molar-refractivity contribution in [3.8, 4) is 0 Å². The van der Waals surface area contributed by atoms with Gasteiger partial charge in [0.05, 0.1) is 11.6 Å². The van der Waals surface area contributed by atoms with Gasteiger partial charge in [-0.05, 0) is 37.6 Å². The molecule has 0 bridgehead atoms. The highest BCUT2D eigenvalue weighted by molar-refractivity contribution is 5.81. The van der Waals surface area contributed by atoms with E-state index in [2.05, 4.69) is 41.5 Å². The van der Waals surface area contributed by atoms with Crippen LogP contribution in [0.25, 0.3) is 10.9 Å². The number of fused-ring (bicyclic) bond motifs is 1. The maximum atomic E-state index is 5.56. The number of ether oxygens (including phenoxy) is 1. The second kappa shape index (κ2) is 6.64. The number of methoxy groups -OCH3 is 1. The van der Waals surface area contributed by atoms with Crippen molar-refractivity contribution in [2.45, 2.75) is 31.9 Å². The summed E-state index contributed by atoms with van der Waals surface area (Å²) >= 11 is 0. The Morgan fingerprint density at radius 3 is 2.74 bits per heavy atom. The van der Waals surface area contributed by atoms with Gasteiger partial charge in [-0.3, -0.25) is 4.98 Å².